The van der Waals surface area contributed by atoms with E-state index in [0.717, 1.165) is 25.7 Å². The van der Waals surface area contributed by atoms with E-state index in [4.69, 9.17) is 5.11 Å². The second-order valence-electron chi connectivity index (χ2n) is 5.75. The van der Waals surface area contributed by atoms with Crippen LogP contribution in [-0.4, -0.2) is 21.8 Å². The van der Waals surface area contributed by atoms with Gasteiger partial charge < -0.3 is 10.2 Å². The summed E-state index contributed by atoms with van der Waals surface area (Å²) >= 11 is 0. The second-order valence-corrected chi connectivity index (χ2v) is 5.75. The number of hydrogen-bond acceptors (Lipinski definition) is 2. The molecule has 110 valence electrons. The van der Waals surface area contributed by atoms with E-state index in [2.05, 4.69) is 13.5 Å². The highest BCUT2D eigenvalue weighted by molar-refractivity contribution is 5.85. The standard InChI is InChI=1S/C16H28O3/c1-5-8-13(2)9-6-11-16(4,19)12-7-10-14(3)15(17)18/h5,10,13,19H,1,6-9,11-12H2,2-4H3,(H,17,18). The first-order chi connectivity index (χ1) is 8.78. The van der Waals surface area contributed by atoms with Gasteiger partial charge in [-0.1, -0.05) is 31.9 Å². The van der Waals surface area contributed by atoms with Crippen LogP contribution in [0.4, 0.5) is 0 Å². The Morgan fingerprint density at radius 3 is 2.58 bits per heavy atom. The Morgan fingerprint density at radius 1 is 1.42 bits per heavy atom. The van der Waals surface area contributed by atoms with Gasteiger partial charge in [-0.05, 0) is 45.4 Å². The van der Waals surface area contributed by atoms with Crippen molar-refractivity contribution in [3.8, 4) is 0 Å². The van der Waals surface area contributed by atoms with Crippen LogP contribution in [0, 0.1) is 5.92 Å². The molecule has 0 rings (SSSR count). The fraction of sp³-hybridized carbons (Fsp3) is 0.688. The smallest absolute Gasteiger partial charge is 0.330 e. The first-order valence-corrected chi connectivity index (χ1v) is 7.02. The zero-order chi connectivity index (χ0) is 14.9. The summed E-state index contributed by atoms with van der Waals surface area (Å²) in [5, 5.41) is 18.9. The highest BCUT2D eigenvalue weighted by atomic mass is 16.4. The number of allylic oxidation sites excluding steroid dienone is 2. The third kappa shape index (κ3) is 9.48. The third-order valence-electron chi connectivity index (χ3n) is 3.45. The van der Waals surface area contributed by atoms with Crippen molar-refractivity contribution in [2.24, 2.45) is 5.92 Å². The van der Waals surface area contributed by atoms with Gasteiger partial charge in [0.1, 0.15) is 0 Å². The molecule has 0 aliphatic carbocycles. The zero-order valence-electron chi connectivity index (χ0n) is 12.5. The number of carboxylic acids is 1. The third-order valence-corrected chi connectivity index (χ3v) is 3.45. The SMILES string of the molecule is C=CCC(C)CCCC(C)(O)CCC=C(C)C(=O)O. The lowest BCUT2D eigenvalue weighted by atomic mass is 9.90. The van der Waals surface area contributed by atoms with E-state index in [1.165, 1.54) is 0 Å². The summed E-state index contributed by atoms with van der Waals surface area (Å²) in [6, 6.07) is 0. The van der Waals surface area contributed by atoms with Gasteiger partial charge in [0.2, 0.25) is 0 Å². The van der Waals surface area contributed by atoms with E-state index in [1.807, 2.05) is 13.0 Å². The summed E-state index contributed by atoms with van der Waals surface area (Å²) < 4.78 is 0. The molecule has 2 N–H and O–H groups in total. The van der Waals surface area contributed by atoms with Gasteiger partial charge in [-0.3, -0.25) is 0 Å². The molecule has 0 fully saturated rings. The largest absolute Gasteiger partial charge is 0.478 e. The quantitative estimate of drug-likeness (QED) is 0.466. The fourth-order valence-electron chi connectivity index (χ4n) is 2.05. The number of aliphatic hydroxyl groups is 1. The Kier molecular flexibility index (Phi) is 8.41. The van der Waals surface area contributed by atoms with Crippen molar-refractivity contribution in [2.45, 2.75) is 64.9 Å². The van der Waals surface area contributed by atoms with Crippen LogP contribution in [0.3, 0.4) is 0 Å². The summed E-state index contributed by atoms with van der Waals surface area (Å²) in [6.45, 7) is 9.32. The number of rotatable bonds is 10. The molecule has 0 heterocycles. The fourth-order valence-corrected chi connectivity index (χ4v) is 2.05. The van der Waals surface area contributed by atoms with Crippen LogP contribution in [0.1, 0.15) is 59.3 Å². The molecule has 0 aliphatic heterocycles. The summed E-state index contributed by atoms with van der Waals surface area (Å²) in [7, 11) is 0. The molecule has 0 saturated carbocycles. The molecule has 0 saturated heterocycles. The number of carbonyl (C=O) groups is 1. The molecule has 19 heavy (non-hydrogen) atoms. The molecule has 2 atom stereocenters. The maximum absolute atomic E-state index is 10.6. The molecule has 3 heteroatoms. The summed E-state index contributed by atoms with van der Waals surface area (Å²) in [4.78, 5) is 10.6. The van der Waals surface area contributed by atoms with Crippen molar-refractivity contribution in [2.75, 3.05) is 0 Å². The number of carboxylic acid groups (broad SMARTS) is 1. The average Bonchev–Trinajstić information content (AvgIpc) is 2.28. The minimum atomic E-state index is -0.891. The van der Waals surface area contributed by atoms with Gasteiger partial charge in [0.05, 0.1) is 5.60 Å². The zero-order valence-corrected chi connectivity index (χ0v) is 12.5. The van der Waals surface area contributed by atoms with Crippen molar-refractivity contribution >= 4 is 5.97 Å². The van der Waals surface area contributed by atoms with E-state index in [1.54, 1.807) is 13.0 Å². The molecule has 0 amide bonds. The minimum Gasteiger partial charge on any atom is -0.478 e. The van der Waals surface area contributed by atoms with Gasteiger partial charge >= 0.3 is 5.97 Å². The molecule has 0 aromatic carbocycles. The van der Waals surface area contributed by atoms with Crippen molar-refractivity contribution in [1.82, 2.24) is 0 Å². The van der Waals surface area contributed by atoms with Crippen LogP contribution in [0.25, 0.3) is 0 Å². The van der Waals surface area contributed by atoms with E-state index in [0.29, 0.717) is 24.3 Å². The Bertz CT molecular complexity index is 316. The summed E-state index contributed by atoms with van der Waals surface area (Å²) in [6.07, 6.45) is 8.67. The summed E-state index contributed by atoms with van der Waals surface area (Å²) in [5.41, 5.74) is -0.362. The van der Waals surface area contributed by atoms with E-state index < -0.39 is 11.6 Å². The van der Waals surface area contributed by atoms with Crippen molar-refractivity contribution in [3.05, 3.63) is 24.3 Å². The van der Waals surface area contributed by atoms with Crippen LogP contribution in [0.15, 0.2) is 24.3 Å². The average molecular weight is 268 g/mol. The van der Waals surface area contributed by atoms with Crippen molar-refractivity contribution in [1.29, 1.82) is 0 Å². The normalized spacial score (nSPS) is 16.7. The predicted octanol–water partition coefficient (Wildman–Crippen LogP) is 3.93. The predicted molar refractivity (Wildman–Crippen MR) is 79.1 cm³/mol. The highest BCUT2D eigenvalue weighted by Gasteiger charge is 2.19. The lowest BCUT2D eigenvalue weighted by Crippen LogP contribution is -2.23. The molecule has 0 aliphatic rings. The van der Waals surface area contributed by atoms with Gasteiger partial charge in [0.15, 0.2) is 0 Å². The molecular formula is C16H28O3. The molecule has 0 aromatic heterocycles. The molecular weight excluding hydrogens is 240 g/mol. The highest BCUT2D eigenvalue weighted by Crippen LogP contribution is 2.22. The molecule has 0 spiro atoms. The van der Waals surface area contributed by atoms with Gasteiger partial charge in [0.25, 0.3) is 0 Å². The first-order valence-electron chi connectivity index (χ1n) is 7.02. The Hall–Kier alpha value is -1.09. The maximum Gasteiger partial charge on any atom is 0.330 e. The topological polar surface area (TPSA) is 57.5 Å². The number of hydrogen-bond donors (Lipinski definition) is 2. The molecule has 2 unspecified atom stereocenters. The minimum absolute atomic E-state index is 0.343. The van der Waals surface area contributed by atoms with Gasteiger partial charge in [0, 0.05) is 5.57 Å². The van der Waals surface area contributed by atoms with Gasteiger partial charge in [-0.2, -0.15) is 0 Å². The molecule has 3 nitrogen and oxygen atoms in total. The van der Waals surface area contributed by atoms with Gasteiger partial charge in [-0.15, -0.1) is 6.58 Å². The van der Waals surface area contributed by atoms with Crippen molar-refractivity contribution in [3.63, 3.8) is 0 Å². The van der Waals surface area contributed by atoms with Crippen molar-refractivity contribution < 1.29 is 15.0 Å². The Balaban J connectivity index is 3.95. The lowest BCUT2D eigenvalue weighted by Gasteiger charge is -2.23. The van der Waals surface area contributed by atoms with Crippen LogP contribution < -0.4 is 0 Å². The number of aliphatic carboxylic acids is 1. The Labute approximate surface area is 117 Å². The van der Waals surface area contributed by atoms with Crippen LogP contribution >= 0.6 is 0 Å². The van der Waals surface area contributed by atoms with E-state index in [9.17, 15) is 9.90 Å². The molecule has 0 aromatic rings. The first kappa shape index (κ1) is 17.9. The summed E-state index contributed by atoms with van der Waals surface area (Å²) in [5.74, 6) is -0.277. The molecule has 0 radical (unpaired) electrons. The van der Waals surface area contributed by atoms with E-state index >= 15 is 0 Å². The van der Waals surface area contributed by atoms with Crippen LogP contribution in [0.2, 0.25) is 0 Å². The van der Waals surface area contributed by atoms with Gasteiger partial charge in [-0.25, -0.2) is 4.79 Å². The monoisotopic (exact) mass is 268 g/mol. The lowest BCUT2D eigenvalue weighted by molar-refractivity contribution is -0.132. The van der Waals surface area contributed by atoms with Crippen LogP contribution in [0.5, 0.6) is 0 Å². The Morgan fingerprint density at radius 2 is 2.05 bits per heavy atom. The van der Waals surface area contributed by atoms with E-state index in [-0.39, 0.29) is 0 Å². The van der Waals surface area contributed by atoms with Crippen LogP contribution in [-0.2, 0) is 4.79 Å². The molecule has 0 bridgehead atoms. The maximum atomic E-state index is 10.6. The second kappa shape index (κ2) is 8.92.